The molecule has 8 heteroatoms. The summed E-state index contributed by atoms with van der Waals surface area (Å²) >= 11 is 5.87. The van der Waals surface area contributed by atoms with Gasteiger partial charge in [-0.1, -0.05) is 11.6 Å². The molecule has 0 atom stereocenters. The number of nitrogens with zero attached hydrogens (tertiary/aromatic N) is 1. The molecule has 0 saturated carbocycles. The number of aromatic amines is 1. The van der Waals surface area contributed by atoms with E-state index >= 15 is 0 Å². The molecule has 116 valence electrons. The molecule has 0 unspecified atom stereocenters. The van der Waals surface area contributed by atoms with Crippen LogP contribution in [-0.2, 0) is 10.0 Å². The predicted molar refractivity (Wildman–Crippen MR) is 85.2 cm³/mol. The van der Waals surface area contributed by atoms with Gasteiger partial charge in [0.2, 0.25) is 0 Å². The van der Waals surface area contributed by atoms with E-state index in [9.17, 15) is 12.8 Å². The molecule has 0 spiro atoms. The highest BCUT2D eigenvalue weighted by Gasteiger charge is 2.20. The first-order chi connectivity index (χ1) is 10.9. The van der Waals surface area contributed by atoms with Gasteiger partial charge in [0.05, 0.1) is 11.3 Å². The van der Waals surface area contributed by atoms with Crippen LogP contribution < -0.4 is 4.72 Å². The Labute approximate surface area is 136 Å². The number of hydrogen-bond donors (Lipinski definition) is 2. The first-order valence-corrected chi connectivity index (χ1v) is 8.26. The number of H-pyrrole nitrogens is 1. The number of sulfonamides is 1. The van der Waals surface area contributed by atoms with Crippen molar-refractivity contribution in [3.8, 4) is 6.07 Å². The van der Waals surface area contributed by atoms with E-state index in [0.29, 0.717) is 15.9 Å². The normalized spacial score (nSPS) is 11.3. The van der Waals surface area contributed by atoms with Gasteiger partial charge in [0.1, 0.15) is 16.8 Å². The third kappa shape index (κ3) is 2.86. The zero-order valence-electron chi connectivity index (χ0n) is 11.5. The molecule has 0 aliphatic heterocycles. The van der Waals surface area contributed by atoms with Crippen LogP contribution in [0, 0.1) is 17.1 Å². The number of anilines is 1. The average molecular weight is 350 g/mol. The molecule has 2 N–H and O–H groups in total. The van der Waals surface area contributed by atoms with Crippen molar-refractivity contribution in [1.82, 2.24) is 4.98 Å². The monoisotopic (exact) mass is 349 g/mol. The fraction of sp³-hybridized carbons (Fsp3) is 0. The minimum Gasteiger partial charge on any atom is -0.360 e. The second-order valence-electron chi connectivity index (χ2n) is 4.75. The highest BCUT2D eigenvalue weighted by molar-refractivity contribution is 7.93. The van der Waals surface area contributed by atoms with E-state index in [4.69, 9.17) is 16.9 Å². The molecule has 0 saturated heterocycles. The van der Waals surface area contributed by atoms with E-state index < -0.39 is 15.8 Å². The van der Waals surface area contributed by atoms with Crippen molar-refractivity contribution in [1.29, 1.82) is 5.26 Å². The summed E-state index contributed by atoms with van der Waals surface area (Å²) in [6, 6.07) is 9.77. The van der Waals surface area contributed by atoms with Gasteiger partial charge in [-0.25, -0.2) is 12.8 Å². The van der Waals surface area contributed by atoms with Crippen molar-refractivity contribution in [2.24, 2.45) is 0 Å². The van der Waals surface area contributed by atoms with Crippen molar-refractivity contribution >= 4 is 38.2 Å². The second-order valence-corrected chi connectivity index (χ2v) is 6.84. The Morgan fingerprint density at radius 1 is 1.22 bits per heavy atom. The molecule has 3 aromatic rings. The van der Waals surface area contributed by atoms with Crippen LogP contribution in [0.25, 0.3) is 10.9 Å². The molecule has 0 fully saturated rings. The molecule has 0 amide bonds. The first-order valence-electron chi connectivity index (χ1n) is 6.40. The number of hydrogen-bond acceptors (Lipinski definition) is 3. The summed E-state index contributed by atoms with van der Waals surface area (Å²) in [6.45, 7) is 0. The van der Waals surface area contributed by atoms with Gasteiger partial charge in [0.15, 0.2) is 0 Å². The smallest absolute Gasteiger partial charge is 0.264 e. The second kappa shape index (κ2) is 5.57. The van der Waals surface area contributed by atoms with Crippen LogP contribution in [0.1, 0.15) is 5.56 Å². The average Bonchev–Trinajstić information content (AvgIpc) is 2.92. The van der Waals surface area contributed by atoms with E-state index in [1.165, 1.54) is 12.3 Å². The number of halogens is 2. The zero-order valence-corrected chi connectivity index (χ0v) is 13.0. The van der Waals surface area contributed by atoms with E-state index in [1.807, 2.05) is 0 Å². The molecular formula is C15H9ClFN3O2S. The number of nitriles is 1. The molecule has 3 rings (SSSR count). The summed E-state index contributed by atoms with van der Waals surface area (Å²) < 4.78 is 40.5. The fourth-order valence-electron chi connectivity index (χ4n) is 2.19. The molecule has 1 aromatic heterocycles. The highest BCUT2D eigenvalue weighted by Crippen LogP contribution is 2.28. The lowest BCUT2D eigenvalue weighted by Crippen LogP contribution is -2.13. The van der Waals surface area contributed by atoms with Crippen LogP contribution >= 0.6 is 11.6 Å². The van der Waals surface area contributed by atoms with Crippen molar-refractivity contribution in [3.63, 3.8) is 0 Å². The number of benzene rings is 2. The van der Waals surface area contributed by atoms with Gasteiger partial charge in [-0.05, 0) is 36.4 Å². The number of nitrogens with one attached hydrogen (secondary N) is 2. The minimum absolute atomic E-state index is 0.0113. The van der Waals surface area contributed by atoms with Crippen molar-refractivity contribution in [3.05, 3.63) is 59.0 Å². The van der Waals surface area contributed by atoms with Crippen molar-refractivity contribution in [2.45, 2.75) is 4.90 Å². The van der Waals surface area contributed by atoms with Gasteiger partial charge in [-0.2, -0.15) is 5.26 Å². The number of fused-ring (bicyclic) bond motifs is 1. The maximum atomic E-state index is 13.1. The first kappa shape index (κ1) is 15.3. The number of rotatable bonds is 3. The summed E-state index contributed by atoms with van der Waals surface area (Å²) in [7, 11) is -3.95. The van der Waals surface area contributed by atoms with Gasteiger partial charge in [0, 0.05) is 22.1 Å². The Morgan fingerprint density at radius 3 is 2.74 bits per heavy atom. The Kier molecular flexibility index (Phi) is 3.72. The summed E-state index contributed by atoms with van der Waals surface area (Å²) in [4.78, 5) is 2.84. The summed E-state index contributed by atoms with van der Waals surface area (Å²) in [5.74, 6) is -0.619. The molecule has 1 heterocycles. The molecule has 0 bridgehead atoms. The Balaban J connectivity index is 2.07. The maximum absolute atomic E-state index is 13.1. The third-order valence-corrected chi connectivity index (χ3v) is 4.88. The van der Waals surface area contributed by atoms with E-state index in [1.54, 1.807) is 24.3 Å². The van der Waals surface area contributed by atoms with Crippen molar-refractivity contribution in [2.75, 3.05) is 4.72 Å². The van der Waals surface area contributed by atoms with Crippen LogP contribution in [0.5, 0.6) is 0 Å². The van der Waals surface area contributed by atoms with Gasteiger partial charge < -0.3 is 4.98 Å². The largest absolute Gasteiger partial charge is 0.360 e. The third-order valence-electron chi connectivity index (χ3n) is 3.24. The Morgan fingerprint density at radius 2 is 2.00 bits per heavy atom. The van der Waals surface area contributed by atoms with Gasteiger partial charge in [0.25, 0.3) is 10.0 Å². The molecule has 5 nitrogen and oxygen atoms in total. The summed E-state index contributed by atoms with van der Waals surface area (Å²) in [5.41, 5.74) is 0.478. The van der Waals surface area contributed by atoms with Crippen LogP contribution in [-0.4, -0.2) is 13.4 Å². The van der Waals surface area contributed by atoms with E-state index in [0.717, 1.165) is 12.1 Å². The summed E-state index contributed by atoms with van der Waals surface area (Å²) in [5, 5.41) is 9.93. The van der Waals surface area contributed by atoms with Crippen molar-refractivity contribution < 1.29 is 12.8 Å². The quantitative estimate of drug-likeness (QED) is 0.757. The zero-order chi connectivity index (χ0) is 16.6. The van der Waals surface area contributed by atoms with Crippen LogP contribution in [0.4, 0.5) is 10.1 Å². The summed E-state index contributed by atoms with van der Waals surface area (Å²) in [6.07, 6.45) is 1.33. The van der Waals surface area contributed by atoms with Crippen LogP contribution in [0.2, 0.25) is 5.02 Å². The Bertz CT molecular complexity index is 1050. The predicted octanol–water partition coefficient (Wildman–Crippen LogP) is 3.63. The highest BCUT2D eigenvalue weighted by atomic mass is 35.5. The fourth-order valence-corrected chi connectivity index (χ4v) is 3.62. The molecule has 23 heavy (non-hydrogen) atoms. The molecule has 0 radical (unpaired) electrons. The standard InChI is InChI=1S/C15H9ClFN3O2S/c16-10-1-3-12-14(6-10)19-8-15(12)23(21,22)20-13-4-2-11(17)5-9(13)7-18/h1-6,8,19-20H. The lowest BCUT2D eigenvalue weighted by Gasteiger charge is -2.08. The van der Waals surface area contributed by atoms with Crippen LogP contribution in [0.3, 0.4) is 0 Å². The molecule has 2 aromatic carbocycles. The lowest BCUT2D eigenvalue weighted by molar-refractivity contribution is 0.601. The molecular weight excluding hydrogens is 341 g/mol. The minimum atomic E-state index is -3.95. The SMILES string of the molecule is N#Cc1cc(F)ccc1NS(=O)(=O)c1c[nH]c2cc(Cl)ccc12. The van der Waals surface area contributed by atoms with E-state index in [-0.39, 0.29) is 16.1 Å². The van der Waals surface area contributed by atoms with E-state index in [2.05, 4.69) is 9.71 Å². The Hall–Kier alpha value is -2.56. The topological polar surface area (TPSA) is 85.8 Å². The molecule has 0 aliphatic rings. The number of aromatic nitrogens is 1. The van der Waals surface area contributed by atoms with Crippen LogP contribution in [0.15, 0.2) is 47.5 Å². The van der Waals surface area contributed by atoms with Gasteiger partial charge in [-0.3, -0.25) is 4.72 Å². The van der Waals surface area contributed by atoms with Gasteiger partial charge in [-0.15, -0.1) is 0 Å². The van der Waals surface area contributed by atoms with Gasteiger partial charge >= 0.3 is 0 Å². The maximum Gasteiger partial charge on any atom is 0.264 e. The molecule has 0 aliphatic carbocycles. The lowest BCUT2D eigenvalue weighted by atomic mass is 10.2.